The molecule has 112 valence electrons. The van der Waals surface area contributed by atoms with Crippen LogP contribution < -0.4 is 11.1 Å². The van der Waals surface area contributed by atoms with Crippen LogP contribution in [-0.4, -0.2) is 23.5 Å². The molecule has 0 aliphatic heterocycles. The minimum Gasteiger partial charge on any atom is -0.349 e. The third-order valence-electron chi connectivity index (χ3n) is 4.27. The Hall–Kier alpha value is -1.86. The summed E-state index contributed by atoms with van der Waals surface area (Å²) in [6.07, 6.45) is 6.50. The van der Waals surface area contributed by atoms with Crippen molar-refractivity contribution >= 4 is 5.91 Å². The first-order chi connectivity index (χ1) is 10.1. The lowest BCUT2D eigenvalue weighted by atomic mass is 9.79. The Morgan fingerprint density at radius 2 is 2.19 bits per heavy atom. The lowest BCUT2D eigenvalue weighted by Crippen LogP contribution is -2.39. The van der Waals surface area contributed by atoms with Crippen LogP contribution in [0.2, 0.25) is 0 Å². The number of hydrogen-bond acceptors (Lipinski definition) is 3. The van der Waals surface area contributed by atoms with Crippen LogP contribution in [0.25, 0.3) is 0 Å². The molecule has 0 saturated heterocycles. The van der Waals surface area contributed by atoms with Crippen LogP contribution in [0.3, 0.4) is 0 Å². The van der Waals surface area contributed by atoms with E-state index in [1.807, 2.05) is 0 Å². The molecule has 0 radical (unpaired) electrons. The van der Waals surface area contributed by atoms with Crippen LogP contribution in [0.1, 0.15) is 49.0 Å². The Balaban J connectivity index is 2.00. The number of hydrogen-bond donors (Lipinski definition) is 2. The van der Waals surface area contributed by atoms with Gasteiger partial charge in [0.15, 0.2) is 0 Å². The quantitative estimate of drug-likeness (QED) is 0.816. The molecule has 3 unspecified atom stereocenters. The summed E-state index contributed by atoms with van der Waals surface area (Å²) >= 11 is 0. The first-order valence-electron chi connectivity index (χ1n) is 7.55. The van der Waals surface area contributed by atoms with Gasteiger partial charge in [0, 0.05) is 24.0 Å². The topological polar surface area (TPSA) is 68.0 Å². The number of carbonyl (C=O) groups excluding carboxylic acids is 1. The van der Waals surface area contributed by atoms with Crippen LogP contribution in [0.4, 0.5) is 0 Å². The fourth-order valence-corrected chi connectivity index (χ4v) is 2.73. The number of pyridine rings is 1. The van der Waals surface area contributed by atoms with E-state index in [9.17, 15) is 4.79 Å². The van der Waals surface area contributed by atoms with Gasteiger partial charge in [-0.1, -0.05) is 25.7 Å². The van der Waals surface area contributed by atoms with Gasteiger partial charge < -0.3 is 11.1 Å². The predicted octanol–water partition coefficient (Wildman–Crippen LogP) is 1.95. The molecule has 1 aromatic heterocycles. The summed E-state index contributed by atoms with van der Waals surface area (Å²) in [5.41, 5.74) is 6.63. The molecule has 1 saturated carbocycles. The van der Waals surface area contributed by atoms with Gasteiger partial charge in [-0.15, -0.1) is 0 Å². The number of nitrogens with one attached hydrogen (secondary N) is 1. The molecule has 0 spiro atoms. The zero-order chi connectivity index (χ0) is 15.2. The van der Waals surface area contributed by atoms with Crippen molar-refractivity contribution in [2.45, 2.75) is 39.2 Å². The first-order valence-corrected chi connectivity index (χ1v) is 7.55. The summed E-state index contributed by atoms with van der Waals surface area (Å²) in [6.45, 7) is 4.84. The molecular weight excluding hydrogens is 262 g/mol. The van der Waals surface area contributed by atoms with Gasteiger partial charge in [-0.25, -0.2) is 0 Å². The summed E-state index contributed by atoms with van der Waals surface area (Å²) < 4.78 is 0. The average Bonchev–Trinajstić information content (AvgIpc) is 2.49. The highest BCUT2D eigenvalue weighted by molar-refractivity contribution is 5.94. The second-order valence-corrected chi connectivity index (χ2v) is 5.91. The second kappa shape index (κ2) is 7.24. The van der Waals surface area contributed by atoms with Gasteiger partial charge in [0.05, 0.1) is 12.1 Å². The van der Waals surface area contributed by atoms with E-state index in [0.717, 1.165) is 24.3 Å². The highest BCUT2D eigenvalue weighted by Crippen LogP contribution is 2.29. The van der Waals surface area contributed by atoms with Crippen LogP contribution in [0, 0.1) is 23.7 Å². The molecule has 0 aromatic carbocycles. The molecule has 1 aliphatic rings. The monoisotopic (exact) mass is 285 g/mol. The van der Waals surface area contributed by atoms with Crippen LogP contribution >= 0.6 is 0 Å². The summed E-state index contributed by atoms with van der Waals surface area (Å²) in [5, 5.41) is 3.12. The van der Waals surface area contributed by atoms with Crippen molar-refractivity contribution < 1.29 is 4.79 Å². The molecule has 1 aliphatic carbocycles. The van der Waals surface area contributed by atoms with E-state index in [2.05, 4.69) is 36.0 Å². The van der Waals surface area contributed by atoms with E-state index in [-0.39, 0.29) is 11.9 Å². The van der Waals surface area contributed by atoms with Crippen molar-refractivity contribution in [1.29, 1.82) is 0 Å². The maximum atomic E-state index is 12.3. The Kier molecular flexibility index (Phi) is 5.35. The van der Waals surface area contributed by atoms with Gasteiger partial charge in [0.25, 0.3) is 5.91 Å². The van der Waals surface area contributed by atoms with E-state index >= 15 is 0 Å². The molecule has 1 amide bonds. The van der Waals surface area contributed by atoms with E-state index in [4.69, 9.17) is 5.73 Å². The zero-order valence-corrected chi connectivity index (χ0v) is 12.7. The minimum absolute atomic E-state index is 0.0642. The van der Waals surface area contributed by atoms with Gasteiger partial charge >= 0.3 is 0 Å². The molecular formula is C17H23N3O. The van der Waals surface area contributed by atoms with E-state index in [1.165, 1.54) is 6.42 Å². The summed E-state index contributed by atoms with van der Waals surface area (Å²) in [5.74, 6) is 7.00. The molecule has 2 rings (SSSR count). The van der Waals surface area contributed by atoms with Crippen molar-refractivity contribution in [3.63, 3.8) is 0 Å². The second-order valence-electron chi connectivity index (χ2n) is 5.91. The van der Waals surface area contributed by atoms with E-state index in [1.54, 1.807) is 18.5 Å². The third-order valence-corrected chi connectivity index (χ3v) is 4.27. The third kappa shape index (κ3) is 4.30. The van der Waals surface area contributed by atoms with Gasteiger partial charge in [-0.2, -0.15) is 0 Å². The number of amides is 1. The van der Waals surface area contributed by atoms with Crippen molar-refractivity contribution in [2.24, 2.45) is 17.6 Å². The molecule has 3 N–H and O–H groups in total. The number of nitrogens with two attached hydrogens (primary N) is 1. The number of nitrogens with zero attached hydrogens (tertiary/aromatic N) is 1. The number of aromatic nitrogens is 1. The highest BCUT2D eigenvalue weighted by Gasteiger charge is 2.25. The lowest BCUT2D eigenvalue weighted by Gasteiger charge is -2.32. The van der Waals surface area contributed by atoms with Crippen LogP contribution in [-0.2, 0) is 0 Å². The predicted molar refractivity (Wildman–Crippen MR) is 83.6 cm³/mol. The fourth-order valence-electron chi connectivity index (χ4n) is 2.73. The average molecular weight is 285 g/mol. The zero-order valence-electron chi connectivity index (χ0n) is 12.7. The summed E-state index contributed by atoms with van der Waals surface area (Å²) in [6, 6.07) is 2.03. The van der Waals surface area contributed by atoms with Gasteiger partial charge in [-0.05, 0) is 37.2 Å². The smallest absolute Gasteiger partial charge is 0.253 e. The van der Waals surface area contributed by atoms with Crippen LogP contribution in [0.5, 0.6) is 0 Å². The number of carbonyl (C=O) groups is 1. The Morgan fingerprint density at radius 3 is 2.90 bits per heavy atom. The van der Waals surface area contributed by atoms with E-state index < -0.39 is 0 Å². The molecule has 1 aromatic rings. The van der Waals surface area contributed by atoms with E-state index in [0.29, 0.717) is 18.0 Å². The Labute approximate surface area is 126 Å². The van der Waals surface area contributed by atoms with Crippen molar-refractivity contribution in [3.8, 4) is 11.8 Å². The maximum absolute atomic E-state index is 12.3. The normalized spacial score (nSPS) is 24.8. The maximum Gasteiger partial charge on any atom is 0.253 e. The van der Waals surface area contributed by atoms with Crippen LogP contribution in [0.15, 0.2) is 18.5 Å². The molecule has 1 fully saturated rings. The minimum atomic E-state index is -0.0642. The fraction of sp³-hybridized carbons (Fsp3) is 0.529. The van der Waals surface area contributed by atoms with Crippen molar-refractivity contribution in [3.05, 3.63) is 29.6 Å². The molecule has 4 heteroatoms. The lowest BCUT2D eigenvalue weighted by molar-refractivity contribution is 0.0910. The Morgan fingerprint density at radius 1 is 1.38 bits per heavy atom. The largest absolute Gasteiger partial charge is 0.349 e. The number of rotatable bonds is 2. The van der Waals surface area contributed by atoms with Crippen molar-refractivity contribution in [1.82, 2.24) is 10.3 Å². The van der Waals surface area contributed by atoms with Gasteiger partial charge in [0.2, 0.25) is 0 Å². The molecule has 21 heavy (non-hydrogen) atoms. The SMILES string of the molecule is CC1CCC(NC(=O)c2cncc(C#CCN)c2)CC1C. The van der Waals surface area contributed by atoms with Crippen molar-refractivity contribution in [2.75, 3.05) is 6.54 Å². The standard InChI is InChI=1S/C17H23N3O/c1-12-5-6-16(8-13(12)2)20-17(21)15-9-14(4-3-7-18)10-19-11-15/h9-13,16H,5-8,18H2,1-2H3,(H,20,21). The molecule has 3 atom stereocenters. The summed E-state index contributed by atoms with van der Waals surface area (Å²) in [7, 11) is 0. The van der Waals surface area contributed by atoms with Gasteiger partial charge in [0.1, 0.15) is 0 Å². The molecule has 0 bridgehead atoms. The summed E-state index contributed by atoms with van der Waals surface area (Å²) in [4.78, 5) is 16.4. The Bertz CT molecular complexity index is 559. The van der Waals surface area contributed by atoms with Gasteiger partial charge in [-0.3, -0.25) is 9.78 Å². The molecule has 4 nitrogen and oxygen atoms in total. The highest BCUT2D eigenvalue weighted by atomic mass is 16.1. The first kappa shape index (κ1) is 15.5. The molecule has 1 heterocycles.